The first-order valence-electron chi connectivity index (χ1n) is 13.6. The van der Waals surface area contributed by atoms with Crippen molar-refractivity contribution in [1.29, 1.82) is 0 Å². The quantitative estimate of drug-likeness (QED) is 0.455. The first-order valence-corrected chi connectivity index (χ1v) is 13.6. The maximum Gasteiger partial charge on any atom is 0.138 e. The van der Waals surface area contributed by atoms with Gasteiger partial charge < -0.3 is 15.3 Å². The second-order valence-corrected chi connectivity index (χ2v) is 13.7. The van der Waals surface area contributed by atoms with E-state index >= 15 is 0 Å². The number of ketones is 1. The van der Waals surface area contributed by atoms with Crippen LogP contribution in [0.15, 0.2) is 23.3 Å². The van der Waals surface area contributed by atoms with Gasteiger partial charge in [0.1, 0.15) is 11.9 Å². The van der Waals surface area contributed by atoms with Crippen LogP contribution in [-0.2, 0) is 4.79 Å². The number of hydrogen-bond acceptors (Lipinski definition) is 4. The van der Waals surface area contributed by atoms with Crippen LogP contribution in [0.1, 0.15) is 99.8 Å². The Hall–Kier alpha value is -0.970. The van der Waals surface area contributed by atoms with E-state index in [1.54, 1.807) is 6.92 Å². The molecule has 1 unspecified atom stereocenters. The Kier molecular flexibility index (Phi) is 6.36. The highest BCUT2D eigenvalue weighted by Gasteiger charge is 2.69. The molecule has 4 heteroatoms. The van der Waals surface area contributed by atoms with Crippen molar-refractivity contribution in [3.8, 4) is 0 Å². The van der Waals surface area contributed by atoms with Gasteiger partial charge in [0.05, 0.1) is 12.2 Å². The Bertz CT molecular complexity index is 901. The molecule has 0 aliphatic heterocycles. The normalized spacial score (nSPS) is 44.1. The number of carbonyl (C=O) groups is 1. The molecule has 3 saturated carbocycles. The summed E-state index contributed by atoms with van der Waals surface area (Å²) in [6, 6.07) is 0. The molecular weight excluding hydrogens is 424 g/mol. The van der Waals surface area contributed by atoms with Crippen molar-refractivity contribution in [2.45, 2.75) is 118 Å². The first kappa shape index (κ1) is 26.1. The van der Waals surface area contributed by atoms with Crippen molar-refractivity contribution < 1.29 is 20.1 Å². The fourth-order valence-electron chi connectivity index (χ4n) is 9.63. The minimum absolute atomic E-state index is 0.0149. The summed E-state index contributed by atoms with van der Waals surface area (Å²) in [5.41, 5.74) is 3.06. The molecule has 0 heterocycles. The standard InChI is InChI=1S/C30H48O4/c1-17(2)25(34)21(31)15-18(3)19-9-13-29(7)20(19)16-22(32)26-28(6)12-11-24(33)27(4,5)23(28)10-14-30(26,29)8/h18,21-23,25-26,31-32,34H,1,9-16H2,2-8H3/t18-,21+,22+,23?,25+,26+,28+,29+,30+/m1/s1. The maximum atomic E-state index is 12.9. The molecule has 3 N–H and O–H groups in total. The molecule has 4 aliphatic rings. The molecule has 0 aromatic rings. The summed E-state index contributed by atoms with van der Waals surface area (Å²) in [7, 11) is 0. The number of rotatable bonds is 5. The third-order valence-electron chi connectivity index (χ3n) is 11.7. The molecular formula is C30H48O4. The minimum Gasteiger partial charge on any atom is -0.392 e. The zero-order valence-electron chi connectivity index (χ0n) is 22.6. The third kappa shape index (κ3) is 3.45. The summed E-state index contributed by atoms with van der Waals surface area (Å²) < 4.78 is 0. The number of hydrogen-bond donors (Lipinski definition) is 3. The van der Waals surface area contributed by atoms with E-state index in [2.05, 4.69) is 48.1 Å². The zero-order valence-corrected chi connectivity index (χ0v) is 22.6. The van der Waals surface area contributed by atoms with E-state index in [9.17, 15) is 20.1 Å². The third-order valence-corrected chi connectivity index (χ3v) is 11.7. The summed E-state index contributed by atoms with van der Waals surface area (Å²) in [5, 5.41) is 32.7. The lowest BCUT2D eigenvalue weighted by molar-refractivity contribution is -0.208. The van der Waals surface area contributed by atoms with E-state index < -0.39 is 18.3 Å². The van der Waals surface area contributed by atoms with Crippen LogP contribution in [0.25, 0.3) is 0 Å². The molecule has 0 aromatic carbocycles. The Balaban J connectivity index is 1.69. The minimum atomic E-state index is -0.896. The summed E-state index contributed by atoms with van der Waals surface area (Å²) in [6.45, 7) is 19.2. The molecule has 0 saturated heterocycles. The molecule has 4 rings (SSSR count). The van der Waals surface area contributed by atoms with E-state index in [1.165, 1.54) is 11.1 Å². The second-order valence-electron chi connectivity index (χ2n) is 13.7. The van der Waals surface area contributed by atoms with Crippen LogP contribution in [0.3, 0.4) is 0 Å². The lowest BCUT2D eigenvalue weighted by Gasteiger charge is -2.69. The summed E-state index contributed by atoms with van der Waals surface area (Å²) in [5.74, 6) is 1.06. The van der Waals surface area contributed by atoms with Crippen molar-refractivity contribution in [1.82, 2.24) is 0 Å². The number of aliphatic hydroxyl groups is 3. The number of fused-ring (bicyclic) bond motifs is 5. The van der Waals surface area contributed by atoms with E-state index in [0.717, 1.165) is 32.1 Å². The van der Waals surface area contributed by atoms with Gasteiger partial charge in [0.15, 0.2) is 0 Å². The molecule has 0 aromatic heterocycles. The molecule has 0 amide bonds. The Labute approximate surface area is 206 Å². The molecule has 192 valence electrons. The van der Waals surface area contributed by atoms with Crippen molar-refractivity contribution >= 4 is 5.78 Å². The largest absolute Gasteiger partial charge is 0.392 e. The predicted molar refractivity (Wildman–Crippen MR) is 136 cm³/mol. The fourth-order valence-corrected chi connectivity index (χ4v) is 9.63. The van der Waals surface area contributed by atoms with Crippen LogP contribution in [0.4, 0.5) is 0 Å². The molecule has 0 radical (unpaired) electrons. The van der Waals surface area contributed by atoms with E-state index in [4.69, 9.17) is 0 Å². The SMILES string of the molecule is C=C(C)[C@H](O)[C@@H](O)C[C@@H](C)C1=C2C[C@H](O)[C@H]3[C@@]4(C)CCC(=O)C(C)(C)C4CC[C@]3(C)[C@@]2(C)CC1. The molecule has 9 atom stereocenters. The Morgan fingerprint density at radius 3 is 2.35 bits per heavy atom. The molecule has 4 aliphatic carbocycles. The van der Waals surface area contributed by atoms with Crippen LogP contribution in [0, 0.1) is 39.4 Å². The van der Waals surface area contributed by atoms with Gasteiger partial charge in [0, 0.05) is 11.8 Å². The van der Waals surface area contributed by atoms with Gasteiger partial charge in [0.25, 0.3) is 0 Å². The Morgan fingerprint density at radius 1 is 1.09 bits per heavy atom. The lowest BCUT2D eigenvalue weighted by Crippen LogP contribution is -2.65. The van der Waals surface area contributed by atoms with Gasteiger partial charge >= 0.3 is 0 Å². The van der Waals surface area contributed by atoms with Gasteiger partial charge in [-0.1, -0.05) is 59.3 Å². The first-order chi connectivity index (χ1) is 15.6. The van der Waals surface area contributed by atoms with Gasteiger partial charge in [-0.05, 0) is 91.4 Å². The van der Waals surface area contributed by atoms with E-state index in [0.29, 0.717) is 36.5 Å². The van der Waals surface area contributed by atoms with Gasteiger partial charge in [-0.2, -0.15) is 0 Å². The maximum absolute atomic E-state index is 12.9. The summed E-state index contributed by atoms with van der Waals surface area (Å²) in [4.78, 5) is 12.9. The van der Waals surface area contributed by atoms with Crippen LogP contribution in [0.2, 0.25) is 0 Å². The van der Waals surface area contributed by atoms with Gasteiger partial charge in [-0.25, -0.2) is 0 Å². The van der Waals surface area contributed by atoms with Crippen molar-refractivity contribution in [2.24, 2.45) is 39.4 Å². The fraction of sp³-hybridized carbons (Fsp3) is 0.833. The predicted octanol–water partition coefficient (Wildman–Crippen LogP) is 5.60. The van der Waals surface area contributed by atoms with Crippen LogP contribution >= 0.6 is 0 Å². The number of Topliss-reactive ketones (excluding diaryl/α,β-unsaturated/α-hetero) is 1. The number of carbonyl (C=O) groups excluding carboxylic acids is 1. The van der Waals surface area contributed by atoms with Crippen molar-refractivity contribution in [2.75, 3.05) is 0 Å². The number of aliphatic hydroxyl groups excluding tert-OH is 3. The van der Waals surface area contributed by atoms with E-state index in [1.807, 2.05) is 0 Å². The average molecular weight is 473 g/mol. The smallest absolute Gasteiger partial charge is 0.138 e. The monoisotopic (exact) mass is 472 g/mol. The van der Waals surface area contributed by atoms with Crippen molar-refractivity contribution in [3.05, 3.63) is 23.3 Å². The Morgan fingerprint density at radius 2 is 1.74 bits per heavy atom. The molecule has 3 fully saturated rings. The van der Waals surface area contributed by atoms with Gasteiger partial charge in [-0.15, -0.1) is 0 Å². The number of allylic oxidation sites excluding steroid dienone is 1. The zero-order chi connectivity index (χ0) is 25.4. The van der Waals surface area contributed by atoms with Crippen LogP contribution in [0.5, 0.6) is 0 Å². The van der Waals surface area contributed by atoms with Crippen LogP contribution in [-0.4, -0.2) is 39.4 Å². The van der Waals surface area contributed by atoms with Gasteiger partial charge in [0.2, 0.25) is 0 Å². The second kappa shape index (κ2) is 8.28. The molecule has 0 spiro atoms. The molecule has 0 bridgehead atoms. The van der Waals surface area contributed by atoms with Crippen molar-refractivity contribution in [3.63, 3.8) is 0 Å². The van der Waals surface area contributed by atoms with E-state index in [-0.39, 0.29) is 33.5 Å². The molecule has 34 heavy (non-hydrogen) atoms. The topological polar surface area (TPSA) is 77.8 Å². The molecule has 4 nitrogen and oxygen atoms in total. The van der Waals surface area contributed by atoms with Crippen LogP contribution < -0.4 is 0 Å². The average Bonchev–Trinajstić information content (AvgIpc) is 3.08. The highest BCUT2D eigenvalue weighted by Crippen LogP contribution is 2.74. The van der Waals surface area contributed by atoms with Gasteiger partial charge in [-0.3, -0.25) is 4.79 Å². The summed E-state index contributed by atoms with van der Waals surface area (Å²) in [6.07, 6.45) is 4.79. The lowest BCUT2D eigenvalue weighted by atomic mass is 9.36. The highest BCUT2D eigenvalue weighted by molar-refractivity contribution is 5.85. The summed E-state index contributed by atoms with van der Waals surface area (Å²) >= 11 is 0. The highest BCUT2D eigenvalue weighted by atomic mass is 16.3.